The van der Waals surface area contributed by atoms with Crippen molar-refractivity contribution in [1.29, 1.82) is 0 Å². The lowest BCUT2D eigenvalue weighted by atomic mass is 10.1. The molecule has 26 heavy (non-hydrogen) atoms. The van der Waals surface area contributed by atoms with Crippen LogP contribution in [0.25, 0.3) is 11.4 Å². The van der Waals surface area contributed by atoms with Crippen molar-refractivity contribution in [3.8, 4) is 11.4 Å². The number of hydrogen-bond donors (Lipinski definition) is 1. The van der Waals surface area contributed by atoms with Gasteiger partial charge in [0.05, 0.1) is 19.3 Å². The molecule has 0 amide bonds. The third-order valence-electron chi connectivity index (χ3n) is 5.19. The first-order chi connectivity index (χ1) is 12.8. The summed E-state index contributed by atoms with van der Waals surface area (Å²) >= 11 is 0. The Hall–Kier alpha value is -2.02. The van der Waals surface area contributed by atoms with Gasteiger partial charge in [0.1, 0.15) is 5.82 Å². The molecule has 0 spiro atoms. The summed E-state index contributed by atoms with van der Waals surface area (Å²) in [5.74, 6) is 1.72. The molecule has 3 heterocycles. The van der Waals surface area contributed by atoms with E-state index < -0.39 is 0 Å². The molecule has 2 fully saturated rings. The van der Waals surface area contributed by atoms with Crippen LogP contribution >= 0.6 is 0 Å². The Labute approximate surface area is 154 Å². The van der Waals surface area contributed by atoms with E-state index in [1.54, 1.807) is 0 Å². The van der Waals surface area contributed by atoms with E-state index in [0.29, 0.717) is 0 Å². The fourth-order valence-electron chi connectivity index (χ4n) is 3.63. The monoisotopic (exact) mass is 354 g/mol. The van der Waals surface area contributed by atoms with Gasteiger partial charge in [0.15, 0.2) is 5.82 Å². The van der Waals surface area contributed by atoms with Crippen molar-refractivity contribution < 1.29 is 9.84 Å². The number of aromatic nitrogens is 2. The number of aliphatic hydroxyl groups excluding tert-OH is 1. The van der Waals surface area contributed by atoms with Crippen molar-refractivity contribution in [2.75, 3.05) is 44.3 Å². The van der Waals surface area contributed by atoms with E-state index in [1.807, 2.05) is 18.3 Å². The topological polar surface area (TPSA) is 61.7 Å². The van der Waals surface area contributed by atoms with Gasteiger partial charge in [0.2, 0.25) is 0 Å². The SMILES string of the molecule is OC1CCN(c2ccnc(-c3ccccc3CN3CCOCC3)n2)CC1. The third kappa shape index (κ3) is 4.03. The first-order valence-electron chi connectivity index (χ1n) is 9.44. The molecule has 0 bridgehead atoms. The molecule has 1 aromatic carbocycles. The molecule has 0 aliphatic carbocycles. The van der Waals surface area contributed by atoms with Gasteiger partial charge in [-0.15, -0.1) is 0 Å². The van der Waals surface area contributed by atoms with Crippen LogP contribution in [0, 0.1) is 0 Å². The number of rotatable bonds is 4. The lowest BCUT2D eigenvalue weighted by Gasteiger charge is -2.30. The van der Waals surface area contributed by atoms with Gasteiger partial charge in [0, 0.05) is 44.5 Å². The maximum atomic E-state index is 9.73. The number of nitrogens with zero attached hydrogens (tertiary/aromatic N) is 4. The Morgan fingerprint density at radius 1 is 1.04 bits per heavy atom. The first-order valence-corrected chi connectivity index (χ1v) is 9.44. The summed E-state index contributed by atoms with van der Waals surface area (Å²) in [6, 6.07) is 10.4. The Morgan fingerprint density at radius 3 is 2.62 bits per heavy atom. The van der Waals surface area contributed by atoms with E-state index in [9.17, 15) is 5.11 Å². The van der Waals surface area contributed by atoms with E-state index in [4.69, 9.17) is 9.72 Å². The van der Waals surface area contributed by atoms with Crippen LogP contribution in [0.15, 0.2) is 36.5 Å². The van der Waals surface area contributed by atoms with Crippen LogP contribution in [0.1, 0.15) is 18.4 Å². The van der Waals surface area contributed by atoms with E-state index >= 15 is 0 Å². The van der Waals surface area contributed by atoms with Crippen LogP contribution < -0.4 is 4.90 Å². The van der Waals surface area contributed by atoms with Crippen molar-refractivity contribution in [1.82, 2.24) is 14.9 Å². The summed E-state index contributed by atoms with van der Waals surface area (Å²) < 4.78 is 5.45. The highest BCUT2D eigenvalue weighted by atomic mass is 16.5. The minimum Gasteiger partial charge on any atom is -0.393 e. The number of ether oxygens (including phenoxy) is 1. The van der Waals surface area contributed by atoms with E-state index in [0.717, 1.165) is 76.0 Å². The number of piperidine rings is 1. The van der Waals surface area contributed by atoms with Crippen molar-refractivity contribution in [2.45, 2.75) is 25.5 Å². The van der Waals surface area contributed by atoms with Crippen molar-refractivity contribution in [3.05, 3.63) is 42.1 Å². The number of aliphatic hydroxyl groups is 1. The van der Waals surface area contributed by atoms with E-state index in [-0.39, 0.29) is 6.10 Å². The van der Waals surface area contributed by atoms with Gasteiger partial charge in [-0.1, -0.05) is 24.3 Å². The number of morpholine rings is 1. The van der Waals surface area contributed by atoms with Gasteiger partial charge in [0.25, 0.3) is 0 Å². The largest absolute Gasteiger partial charge is 0.393 e. The van der Waals surface area contributed by atoms with Crippen LogP contribution in [-0.2, 0) is 11.3 Å². The highest BCUT2D eigenvalue weighted by Gasteiger charge is 2.19. The zero-order valence-electron chi connectivity index (χ0n) is 15.0. The van der Waals surface area contributed by atoms with Gasteiger partial charge >= 0.3 is 0 Å². The molecule has 6 heteroatoms. The average molecular weight is 354 g/mol. The molecule has 0 saturated carbocycles. The average Bonchev–Trinajstić information content (AvgIpc) is 2.70. The van der Waals surface area contributed by atoms with Crippen molar-refractivity contribution >= 4 is 5.82 Å². The predicted molar refractivity (Wildman–Crippen MR) is 101 cm³/mol. The number of hydrogen-bond acceptors (Lipinski definition) is 6. The summed E-state index contributed by atoms with van der Waals surface area (Å²) in [4.78, 5) is 14.0. The molecule has 0 atom stereocenters. The molecule has 2 aromatic rings. The van der Waals surface area contributed by atoms with Crippen LogP contribution in [0.4, 0.5) is 5.82 Å². The van der Waals surface area contributed by atoms with Crippen molar-refractivity contribution in [3.63, 3.8) is 0 Å². The maximum absolute atomic E-state index is 9.73. The summed E-state index contributed by atoms with van der Waals surface area (Å²) in [5.41, 5.74) is 2.35. The molecular weight excluding hydrogens is 328 g/mol. The van der Waals surface area contributed by atoms with Crippen LogP contribution in [0.3, 0.4) is 0 Å². The Balaban J connectivity index is 1.56. The summed E-state index contributed by atoms with van der Waals surface area (Å²) in [6.07, 6.45) is 3.26. The van der Waals surface area contributed by atoms with Crippen LogP contribution in [-0.4, -0.2) is 65.5 Å². The molecule has 2 aliphatic heterocycles. The molecule has 0 unspecified atom stereocenters. The third-order valence-corrected chi connectivity index (χ3v) is 5.19. The molecule has 0 radical (unpaired) electrons. The Morgan fingerprint density at radius 2 is 1.81 bits per heavy atom. The molecule has 138 valence electrons. The molecular formula is C20H26N4O2. The molecule has 1 aromatic heterocycles. The smallest absolute Gasteiger partial charge is 0.161 e. The molecule has 6 nitrogen and oxygen atoms in total. The predicted octanol–water partition coefficient (Wildman–Crippen LogP) is 1.94. The normalized spacial score (nSPS) is 19.7. The van der Waals surface area contributed by atoms with Gasteiger partial charge in [-0.2, -0.15) is 0 Å². The molecule has 4 rings (SSSR count). The first kappa shape index (κ1) is 17.4. The second kappa shape index (κ2) is 8.12. The van der Waals surface area contributed by atoms with Gasteiger partial charge in [-0.3, -0.25) is 4.90 Å². The maximum Gasteiger partial charge on any atom is 0.161 e. The van der Waals surface area contributed by atoms with E-state index in [1.165, 1.54) is 5.56 Å². The minimum atomic E-state index is -0.179. The Kier molecular flexibility index (Phi) is 5.43. The van der Waals surface area contributed by atoms with Gasteiger partial charge < -0.3 is 14.7 Å². The van der Waals surface area contributed by atoms with Gasteiger partial charge in [-0.05, 0) is 24.5 Å². The number of benzene rings is 1. The lowest BCUT2D eigenvalue weighted by molar-refractivity contribution is 0.0342. The molecule has 2 aliphatic rings. The summed E-state index contributed by atoms with van der Waals surface area (Å²) in [5, 5.41) is 9.73. The molecule has 1 N–H and O–H groups in total. The quantitative estimate of drug-likeness (QED) is 0.905. The molecule has 2 saturated heterocycles. The minimum absolute atomic E-state index is 0.179. The van der Waals surface area contributed by atoms with Gasteiger partial charge in [-0.25, -0.2) is 9.97 Å². The second-order valence-electron chi connectivity index (χ2n) is 7.00. The van der Waals surface area contributed by atoms with Crippen LogP contribution in [0.2, 0.25) is 0 Å². The summed E-state index contributed by atoms with van der Waals surface area (Å²) in [7, 11) is 0. The second-order valence-corrected chi connectivity index (χ2v) is 7.00. The van der Waals surface area contributed by atoms with Crippen LogP contribution in [0.5, 0.6) is 0 Å². The Bertz CT molecular complexity index is 725. The highest BCUT2D eigenvalue weighted by molar-refractivity contribution is 5.61. The summed E-state index contributed by atoms with van der Waals surface area (Å²) in [6.45, 7) is 6.10. The zero-order valence-corrected chi connectivity index (χ0v) is 15.0. The number of anilines is 1. The zero-order chi connectivity index (χ0) is 17.8. The standard InChI is InChI=1S/C20H26N4O2/c25-17-6-9-24(10-7-17)19-5-8-21-20(22-19)18-4-2-1-3-16(18)15-23-11-13-26-14-12-23/h1-5,8,17,25H,6-7,9-15H2. The van der Waals surface area contributed by atoms with E-state index in [2.05, 4.69) is 33.0 Å². The highest BCUT2D eigenvalue weighted by Crippen LogP contribution is 2.25. The lowest BCUT2D eigenvalue weighted by Crippen LogP contribution is -2.36. The fraction of sp³-hybridized carbons (Fsp3) is 0.500. The fourth-order valence-corrected chi connectivity index (χ4v) is 3.63. The van der Waals surface area contributed by atoms with Crippen molar-refractivity contribution in [2.24, 2.45) is 0 Å².